The van der Waals surface area contributed by atoms with Crippen molar-refractivity contribution in [3.05, 3.63) is 38.7 Å². The summed E-state index contributed by atoms with van der Waals surface area (Å²) in [6, 6.07) is 2.02. The summed E-state index contributed by atoms with van der Waals surface area (Å²) in [5.74, 6) is -1.49. The minimum absolute atomic E-state index is 0. The van der Waals surface area contributed by atoms with Gasteiger partial charge in [0.2, 0.25) is 0 Å². The van der Waals surface area contributed by atoms with E-state index in [-0.39, 0.29) is 47.2 Å². The number of aliphatic carboxylic acids is 1. The molecule has 1 aromatic rings. The van der Waals surface area contributed by atoms with Gasteiger partial charge in [-0.2, -0.15) is 0 Å². The van der Waals surface area contributed by atoms with Gasteiger partial charge in [-0.1, -0.05) is 6.08 Å². The standard InChI is InChI=1S/C15H14N2O3S.Na/c18-14-10(11-1-2-12(15(19)20)17(11)14)6-9-5-8-3-4-16-7-13(8)21-9;/h2,5-6,11,16H,1,3-4,7H2,(H,19,20);/q;+1/p-1/b10-6+;. The molecule has 3 aliphatic heterocycles. The zero-order chi connectivity index (χ0) is 14.6. The van der Waals surface area contributed by atoms with E-state index in [0.717, 1.165) is 24.4 Å². The molecule has 5 nitrogen and oxygen atoms in total. The number of nitrogens with zero attached hydrogens (tertiary/aromatic N) is 1. The molecule has 22 heavy (non-hydrogen) atoms. The van der Waals surface area contributed by atoms with Gasteiger partial charge in [-0.3, -0.25) is 9.69 Å². The monoisotopic (exact) mass is 324 g/mol. The van der Waals surface area contributed by atoms with Crippen LogP contribution >= 0.6 is 11.3 Å². The molecule has 1 N–H and O–H groups in total. The van der Waals surface area contributed by atoms with Crippen LogP contribution in [-0.4, -0.2) is 29.4 Å². The van der Waals surface area contributed by atoms with Crippen LogP contribution in [0.25, 0.3) is 6.08 Å². The number of fused-ring (bicyclic) bond motifs is 2. The van der Waals surface area contributed by atoms with Crippen molar-refractivity contribution in [2.75, 3.05) is 6.54 Å². The maximum absolute atomic E-state index is 12.1. The second-order valence-corrected chi connectivity index (χ2v) is 6.60. The summed E-state index contributed by atoms with van der Waals surface area (Å²) >= 11 is 1.70. The maximum Gasteiger partial charge on any atom is 1.00 e. The molecule has 0 aromatic carbocycles. The Labute approximate surface area is 154 Å². The molecule has 1 atom stereocenters. The summed E-state index contributed by atoms with van der Waals surface area (Å²) in [5, 5.41) is 14.3. The predicted molar refractivity (Wildman–Crippen MR) is 76.0 cm³/mol. The van der Waals surface area contributed by atoms with Crippen LogP contribution in [-0.2, 0) is 22.6 Å². The third kappa shape index (κ3) is 2.39. The predicted octanol–water partition coefficient (Wildman–Crippen LogP) is -2.97. The Morgan fingerprint density at radius 1 is 1.50 bits per heavy atom. The molecule has 0 spiro atoms. The second-order valence-electron chi connectivity index (χ2n) is 5.43. The number of carboxylic acids is 1. The largest absolute Gasteiger partial charge is 1.00 e. The van der Waals surface area contributed by atoms with Crippen LogP contribution in [0.15, 0.2) is 23.4 Å². The van der Waals surface area contributed by atoms with E-state index in [0.29, 0.717) is 12.0 Å². The molecule has 0 aliphatic carbocycles. The molecule has 4 heterocycles. The Bertz CT molecular complexity index is 699. The Morgan fingerprint density at radius 3 is 3.05 bits per heavy atom. The van der Waals surface area contributed by atoms with Crippen molar-refractivity contribution >= 4 is 29.3 Å². The molecule has 0 saturated carbocycles. The van der Waals surface area contributed by atoms with Crippen LogP contribution in [0, 0.1) is 0 Å². The third-order valence-electron chi connectivity index (χ3n) is 4.21. The Kier molecular flexibility index (Phi) is 4.31. The molecule has 1 unspecified atom stereocenters. The van der Waals surface area contributed by atoms with Crippen LogP contribution in [0.5, 0.6) is 0 Å². The fraction of sp³-hybridized carbons (Fsp3) is 0.333. The van der Waals surface area contributed by atoms with Crippen molar-refractivity contribution in [1.82, 2.24) is 10.2 Å². The summed E-state index contributed by atoms with van der Waals surface area (Å²) in [6.07, 6.45) is 5.07. The Hall–Kier alpha value is -0.920. The fourth-order valence-electron chi connectivity index (χ4n) is 3.17. The third-order valence-corrected chi connectivity index (χ3v) is 5.33. The number of hydrogen-bond acceptors (Lipinski definition) is 5. The van der Waals surface area contributed by atoms with E-state index in [1.54, 1.807) is 17.4 Å². The van der Waals surface area contributed by atoms with Crippen LogP contribution in [0.4, 0.5) is 0 Å². The van der Waals surface area contributed by atoms with Gasteiger partial charge in [0, 0.05) is 21.9 Å². The van der Waals surface area contributed by atoms with Gasteiger partial charge in [-0.15, -0.1) is 11.3 Å². The van der Waals surface area contributed by atoms with Crippen molar-refractivity contribution in [2.24, 2.45) is 0 Å². The first-order chi connectivity index (χ1) is 10.1. The van der Waals surface area contributed by atoms with Crippen LogP contribution in [0.1, 0.15) is 21.7 Å². The van der Waals surface area contributed by atoms with E-state index < -0.39 is 5.97 Å². The van der Waals surface area contributed by atoms with Crippen molar-refractivity contribution in [2.45, 2.75) is 25.4 Å². The molecule has 0 bridgehead atoms. The number of nitrogens with one attached hydrogen (secondary N) is 1. The molecule has 1 amide bonds. The van der Waals surface area contributed by atoms with Gasteiger partial charge in [0.1, 0.15) is 0 Å². The molecule has 0 radical (unpaired) electrons. The van der Waals surface area contributed by atoms with Gasteiger partial charge < -0.3 is 15.2 Å². The fourth-order valence-corrected chi connectivity index (χ4v) is 4.30. The number of amides is 1. The van der Waals surface area contributed by atoms with Crippen molar-refractivity contribution < 1.29 is 44.3 Å². The average molecular weight is 324 g/mol. The smallest absolute Gasteiger partial charge is 0.543 e. The first-order valence-electron chi connectivity index (χ1n) is 6.94. The van der Waals surface area contributed by atoms with Gasteiger partial charge in [-0.25, -0.2) is 0 Å². The van der Waals surface area contributed by atoms with E-state index in [9.17, 15) is 14.7 Å². The van der Waals surface area contributed by atoms with E-state index in [1.807, 2.05) is 6.08 Å². The zero-order valence-corrected chi connectivity index (χ0v) is 15.0. The van der Waals surface area contributed by atoms with E-state index in [1.165, 1.54) is 15.3 Å². The molecule has 1 fully saturated rings. The second kappa shape index (κ2) is 5.94. The number of carbonyl (C=O) groups excluding carboxylic acids is 2. The van der Waals surface area contributed by atoms with E-state index in [2.05, 4.69) is 11.4 Å². The normalized spacial score (nSPS) is 24.3. The molecular formula is C15H13N2NaO3S. The molecule has 7 heteroatoms. The van der Waals surface area contributed by atoms with Gasteiger partial charge >= 0.3 is 29.6 Å². The molecular weight excluding hydrogens is 311 g/mol. The molecule has 4 rings (SSSR count). The van der Waals surface area contributed by atoms with Gasteiger partial charge in [0.15, 0.2) is 0 Å². The van der Waals surface area contributed by atoms with Crippen molar-refractivity contribution in [3.63, 3.8) is 0 Å². The Morgan fingerprint density at radius 2 is 2.32 bits per heavy atom. The van der Waals surface area contributed by atoms with Crippen molar-refractivity contribution in [1.29, 1.82) is 0 Å². The van der Waals surface area contributed by atoms with Gasteiger partial charge in [-0.05, 0) is 37.1 Å². The average Bonchev–Trinajstić information content (AvgIpc) is 3.05. The number of thiophene rings is 1. The van der Waals surface area contributed by atoms with Crippen molar-refractivity contribution in [3.8, 4) is 0 Å². The first-order valence-corrected chi connectivity index (χ1v) is 7.76. The summed E-state index contributed by atoms with van der Waals surface area (Å²) in [4.78, 5) is 26.8. The zero-order valence-electron chi connectivity index (χ0n) is 12.2. The van der Waals surface area contributed by atoms with Crippen LogP contribution < -0.4 is 40.0 Å². The molecule has 3 aliphatic rings. The number of carbonyl (C=O) groups is 2. The number of rotatable bonds is 2. The van der Waals surface area contributed by atoms with Crippen LogP contribution in [0.3, 0.4) is 0 Å². The summed E-state index contributed by atoms with van der Waals surface area (Å²) in [6.45, 7) is 1.89. The summed E-state index contributed by atoms with van der Waals surface area (Å²) in [5.41, 5.74) is 2.07. The summed E-state index contributed by atoms with van der Waals surface area (Å²) < 4.78 is 0. The van der Waals surface area contributed by atoms with Gasteiger partial charge in [0.25, 0.3) is 5.91 Å². The number of β-lactam (4-membered cyclic amide) rings is 1. The summed E-state index contributed by atoms with van der Waals surface area (Å²) in [7, 11) is 0. The maximum atomic E-state index is 12.1. The molecule has 1 saturated heterocycles. The first kappa shape index (κ1) is 16.0. The molecule has 108 valence electrons. The quantitative estimate of drug-likeness (QED) is 0.358. The SMILES string of the molecule is O=C([O-])C1=CCC2/C(=C\c3cc4c(s3)CNCC4)C(=O)N12.[Na+]. The van der Waals surface area contributed by atoms with E-state index >= 15 is 0 Å². The molecule has 1 aromatic heterocycles. The van der Waals surface area contributed by atoms with Gasteiger partial charge in [0.05, 0.1) is 17.7 Å². The minimum Gasteiger partial charge on any atom is -0.543 e. The van der Waals surface area contributed by atoms with E-state index in [4.69, 9.17) is 0 Å². The number of carboxylic acid groups (broad SMARTS) is 1. The Balaban J connectivity index is 0.00000144. The number of hydrogen-bond donors (Lipinski definition) is 1. The topological polar surface area (TPSA) is 72.5 Å². The van der Waals surface area contributed by atoms with Crippen LogP contribution in [0.2, 0.25) is 0 Å². The minimum atomic E-state index is -1.28.